The molecule has 0 fully saturated rings. The molecule has 0 aromatic heterocycles. The van der Waals surface area contributed by atoms with Crippen LogP contribution in [0, 0.1) is 11.6 Å². The summed E-state index contributed by atoms with van der Waals surface area (Å²) in [6.45, 7) is 0. The fourth-order valence-corrected chi connectivity index (χ4v) is 1.96. The Bertz CT molecular complexity index is 540. The Kier molecular flexibility index (Phi) is 4.09. The van der Waals surface area contributed by atoms with Crippen molar-refractivity contribution in [3.8, 4) is 0 Å². The van der Waals surface area contributed by atoms with Crippen LogP contribution in [0.4, 0.5) is 8.78 Å². The zero-order valence-electron chi connectivity index (χ0n) is 9.41. The average molecular weight is 313 g/mol. The van der Waals surface area contributed by atoms with Crippen molar-refractivity contribution in [1.82, 2.24) is 0 Å². The summed E-state index contributed by atoms with van der Waals surface area (Å²) in [6.07, 6.45) is -0.485. The third-order valence-electron chi connectivity index (χ3n) is 2.67. The van der Waals surface area contributed by atoms with Crippen LogP contribution in [0.1, 0.15) is 17.2 Å². The van der Waals surface area contributed by atoms with E-state index in [1.165, 1.54) is 6.07 Å². The molecule has 2 aromatic carbocycles. The highest BCUT2D eigenvalue weighted by Gasteiger charge is 2.10. The Hall–Kier alpha value is -1.26. The molecule has 0 saturated heterocycles. The largest absolute Gasteiger partial charge is 0.388 e. The molecule has 0 aliphatic rings. The van der Waals surface area contributed by atoms with Crippen LogP contribution >= 0.6 is 15.9 Å². The second-order valence-electron chi connectivity index (χ2n) is 4.02. The lowest BCUT2D eigenvalue weighted by atomic mass is 10.0. The molecule has 0 heterocycles. The SMILES string of the molecule is OC(Cc1ccc(F)c(F)c1)c1ccc(Br)cc1. The Labute approximate surface area is 112 Å². The minimum atomic E-state index is -0.893. The van der Waals surface area contributed by atoms with E-state index in [4.69, 9.17) is 0 Å². The topological polar surface area (TPSA) is 20.2 Å². The predicted molar refractivity (Wildman–Crippen MR) is 69.2 cm³/mol. The fraction of sp³-hybridized carbons (Fsp3) is 0.143. The molecule has 0 amide bonds. The third kappa shape index (κ3) is 3.15. The highest BCUT2D eigenvalue weighted by molar-refractivity contribution is 9.10. The molecule has 1 nitrogen and oxygen atoms in total. The molecule has 0 aliphatic carbocycles. The molecule has 2 rings (SSSR count). The van der Waals surface area contributed by atoms with Crippen LogP contribution in [0.2, 0.25) is 0 Å². The summed E-state index contributed by atoms with van der Waals surface area (Å²) < 4.78 is 26.7. The van der Waals surface area contributed by atoms with Gasteiger partial charge in [-0.1, -0.05) is 34.1 Å². The molecule has 0 bridgehead atoms. The van der Waals surface area contributed by atoms with Gasteiger partial charge in [0, 0.05) is 10.9 Å². The van der Waals surface area contributed by atoms with E-state index in [1.807, 2.05) is 12.1 Å². The van der Waals surface area contributed by atoms with Crippen molar-refractivity contribution in [2.24, 2.45) is 0 Å². The van der Waals surface area contributed by atoms with Crippen molar-refractivity contribution < 1.29 is 13.9 Å². The van der Waals surface area contributed by atoms with Gasteiger partial charge in [-0.05, 0) is 35.4 Å². The normalized spacial score (nSPS) is 12.4. The Balaban J connectivity index is 2.13. The highest BCUT2D eigenvalue weighted by Crippen LogP contribution is 2.21. The van der Waals surface area contributed by atoms with Gasteiger partial charge in [-0.3, -0.25) is 0 Å². The summed E-state index contributed by atoms with van der Waals surface area (Å²) in [5, 5.41) is 9.99. The van der Waals surface area contributed by atoms with Crippen LogP contribution in [0.15, 0.2) is 46.9 Å². The summed E-state index contributed by atoms with van der Waals surface area (Å²) in [7, 11) is 0. The van der Waals surface area contributed by atoms with Gasteiger partial charge >= 0.3 is 0 Å². The molecular formula is C14H11BrF2O. The maximum Gasteiger partial charge on any atom is 0.159 e. The molecule has 4 heteroatoms. The molecule has 0 saturated carbocycles. The molecule has 18 heavy (non-hydrogen) atoms. The molecule has 1 unspecified atom stereocenters. The van der Waals surface area contributed by atoms with Crippen molar-refractivity contribution in [1.29, 1.82) is 0 Å². The van der Waals surface area contributed by atoms with Crippen LogP contribution in [0.25, 0.3) is 0 Å². The number of hydrogen-bond acceptors (Lipinski definition) is 1. The number of aliphatic hydroxyl groups is 1. The van der Waals surface area contributed by atoms with Gasteiger partial charge in [0.25, 0.3) is 0 Å². The van der Waals surface area contributed by atoms with Gasteiger partial charge in [-0.15, -0.1) is 0 Å². The van der Waals surface area contributed by atoms with Crippen molar-refractivity contribution in [3.05, 3.63) is 69.7 Å². The summed E-state index contributed by atoms with van der Waals surface area (Å²) in [5.74, 6) is -1.77. The Morgan fingerprint density at radius 3 is 2.28 bits per heavy atom. The van der Waals surface area contributed by atoms with Gasteiger partial charge in [0.05, 0.1) is 6.10 Å². The maximum absolute atomic E-state index is 13.0. The number of rotatable bonds is 3. The first kappa shape index (κ1) is 13.2. The second kappa shape index (κ2) is 5.59. The van der Waals surface area contributed by atoms with E-state index >= 15 is 0 Å². The van der Waals surface area contributed by atoms with E-state index in [1.54, 1.807) is 12.1 Å². The quantitative estimate of drug-likeness (QED) is 0.908. The zero-order valence-corrected chi connectivity index (χ0v) is 11.0. The molecule has 2 aromatic rings. The monoisotopic (exact) mass is 312 g/mol. The third-order valence-corrected chi connectivity index (χ3v) is 3.20. The van der Waals surface area contributed by atoms with Crippen LogP contribution in [0.3, 0.4) is 0 Å². The minimum absolute atomic E-state index is 0.249. The lowest BCUT2D eigenvalue weighted by molar-refractivity contribution is 0.178. The average Bonchev–Trinajstić information content (AvgIpc) is 2.34. The van der Waals surface area contributed by atoms with E-state index in [0.29, 0.717) is 5.56 Å². The molecule has 0 aliphatic heterocycles. The number of aliphatic hydroxyl groups excluding tert-OH is 1. The fourth-order valence-electron chi connectivity index (χ4n) is 1.69. The molecule has 94 valence electrons. The van der Waals surface area contributed by atoms with Crippen molar-refractivity contribution in [2.75, 3.05) is 0 Å². The van der Waals surface area contributed by atoms with E-state index < -0.39 is 17.7 Å². The first-order valence-corrected chi connectivity index (χ1v) is 6.23. The van der Waals surface area contributed by atoms with Crippen LogP contribution in [-0.2, 0) is 6.42 Å². The summed E-state index contributed by atoms with van der Waals surface area (Å²) in [6, 6.07) is 10.9. The van der Waals surface area contributed by atoms with Crippen LogP contribution < -0.4 is 0 Å². The van der Waals surface area contributed by atoms with E-state index in [2.05, 4.69) is 15.9 Å². The molecule has 1 atom stereocenters. The van der Waals surface area contributed by atoms with Gasteiger partial charge in [0.15, 0.2) is 11.6 Å². The van der Waals surface area contributed by atoms with Gasteiger partial charge in [0.2, 0.25) is 0 Å². The predicted octanol–water partition coefficient (Wildman–Crippen LogP) is 4.00. The molecule has 1 N–H and O–H groups in total. The minimum Gasteiger partial charge on any atom is -0.388 e. The standard InChI is InChI=1S/C14H11BrF2O/c15-11-4-2-10(3-5-11)14(18)8-9-1-6-12(16)13(17)7-9/h1-7,14,18H,8H2. The highest BCUT2D eigenvalue weighted by atomic mass is 79.9. The first-order valence-electron chi connectivity index (χ1n) is 5.44. The molecular weight excluding hydrogens is 302 g/mol. The Morgan fingerprint density at radius 1 is 1.00 bits per heavy atom. The van der Waals surface area contributed by atoms with Crippen LogP contribution in [-0.4, -0.2) is 5.11 Å². The number of hydrogen-bond donors (Lipinski definition) is 1. The van der Waals surface area contributed by atoms with Crippen molar-refractivity contribution in [3.63, 3.8) is 0 Å². The number of halogens is 3. The lowest BCUT2D eigenvalue weighted by Crippen LogP contribution is -2.02. The van der Waals surface area contributed by atoms with Crippen LogP contribution in [0.5, 0.6) is 0 Å². The molecule has 0 spiro atoms. The van der Waals surface area contributed by atoms with E-state index in [9.17, 15) is 13.9 Å². The van der Waals surface area contributed by atoms with E-state index in [0.717, 1.165) is 22.2 Å². The number of benzene rings is 2. The maximum atomic E-state index is 13.0. The van der Waals surface area contributed by atoms with Gasteiger partial charge < -0.3 is 5.11 Å². The van der Waals surface area contributed by atoms with Gasteiger partial charge in [0.1, 0.15) is 0 Å². The van der Waals surface area contributed by atoms with Gasteiger partial charge in [-0.2, -0.15) is 0 Å². The van der Waals surface area contributed by atoms with Crippen molar-refractivity contribution in [2.45, 2.75) is 12.5 Å². The van der Waals surface area contributed by atoms with Crippen molar-refractivity contribution >= 4 is 15.9 Å². The smallest absolute Gasteiger partial charge is 0.159 e. The first-order chi connectivity index (χ1) is 8.56. The van der Waals surface area contributed by atoms with E-state index in [-0.39, 0.29) is 6.42 Å². The van der Waals surface area contributed by atoms with Gasteiger partial charge in [-0.25, -0.2) is 8.78 Å². The lowest BCUT2D eigenvalue weighted by Gasteiger charge is -2.11. The summed E-state index contributed by atoms with van der Waals surface area (Å²) in [5.41, 5.74) is 1.30. The molecule has 0 radical (unpaired) electrons. The Morgan fingerprint density at radius 2 is 1.67 bits per heavy atom. The summed E-state index contributed by atoms with van der Waals surface area (Å²) in [4.78, 5) is 0. The zero-order chi connectivity index (χ0) is 13.1. The second-order valence-corrected chi connectivity index (χ2v) is 4.94. The summed E-state index contributed by atoms with van der Waals surface area (Å²) >= 11 is 3.31.